The Morgan fingerprint density at radius 1 is 1.08 bits per heavy atom. The summed E-state index contributed by atoms with van der Waals surface area (Å²) in [5.41, 5.74) is 2.38. The molecular formula is C18H23ClN4O2S. The lowest BCUT2D eigenvalue weighted by atomic mass is 10.1. The highest BCUT2D eigenvalue weighted by Crippen LogP contribution is 2.14. The van der Waals surface area contributed by atoms with Gasteiger partial charge in [-0.15, -0.1) is 0 Å². The van der Waals surface area contributed by atoms with Crippen LogP contribution in [0.5, 0.6) is 0 Å². The first-order chi connectivity index (χ1) is 12.4. The number of nitrogens with zero attached hydrogens (tertiary/aromatic N) is 1. The van der Waals surface area contributed by atoms with Crippen molar-refractivity contribution in [3.63, 3.8) is 0 Å². The van der Waals surface area contributed by atoms with E-state index in [0.717, 1.165) is 0 Å². The SMILES string of the molecule is CN=C(NCCNS(=O)(=O)c1cccc(Cl)c1)NCc1ccccc1C. The number of sulfonamides is 1. The van der Waals surface area contributed by atoms with Crippen LogP contribution in [0.3, 0.4) is 0 Å². The molecule has 26 heavy (non-hydrogen) atoms. The molecule has 0 bridgehead atoms. The van der Waals surface area contributed by atoms with E-state index in [-0.39, 0.29) is 11.4 Å². The lowest BCUT2D eigenvalue weighted by Gasteiger charge is -2.13. The van der Waals surface area contributed by atoms with Crippen LogP contribution in [0.4, 0.5) is 0 Å². The van der Waals surface area contributed by atoms with Crippen LogP contribution in [-0.4, -0.2) is 34.5 Å². The van der Waals surface area contributed by atoms with Gasteiger partial charge in [-0.25, -0.2) is 13.1 Å². The Bertz CT molecular complexity index is 869. The number of aliphatic imine (C=N–C) groups is 1. The fourth-order valence-electron chi connectivity index (χ4n) is 2.29. The fraction of sp³-hybridized carbons (Fsp3) is 0.278. The van der Waals surface area contributed by atoms with Gasteiger partial charge in [0, 0.05) is 31.7 Å². The average molecular weight is 395 g/mol. The van der Waals surface area contributed by atoms with Crippen molar-refractivity contribution in [1.82, 2.24) is 15.4 Å². The Balaban J connectivity index is 1.80. The minimum absolute atomic E-state index is 0.145. The Labute approximate surface area is 159 Å². The monoisotopic (exact) mass is 394 g/mol. The summed E-state index contributed by atoms with van der Waals surface area (Å²) >= 11 is 5.84. The van der Waals surface area contributed by atoms with Crippen LogP contribution in [0.15, 0.2) is 58.4 Å². The van der Waals surface area contributed by atoms with Gasteiger partial charge in [0.2, 0.25) is 10.0 Å². The van der Waals surface area contributed by atoms with E-state index in [1.807, 2.05) is 12.1 Å². The molecule has 2 aromatic carbocycles. The zero-order valence-corrected chi connectivity index (χ0v) is 16.4. The van der Waals surface area contributed by atoms with E-state index in [0.29, 0.717) is 24.1 Å². The highest BCUT2D eigenvalue weighted by atomic mass is 35.5. The molecule has 3 N–H and O–H groups in total. The molecule has 0 fully saturated rings. The fourth-order valence-corrected chi connectivity index (χ4v) is 3.62. The van der Waals surface area contributed by atoms with E-state index in [9.17, 15) is 8.42 Å². The Hall–Kier alpha value is -2.09. The van der Waals surface area contributed by atoms with E-state index < -0.39 is 10.0 Å². The number of guanidine groups is 1. The zero-order valence-electron chi connectivity index (χ0n) is 14.8. The number of hydrogen-bond acceptors (Lipinski definition) is 3. The zero-order chi connectivity index (χ0) is 19.0. The predicted octanol–water partition coefficient (Wildman–Crippen LogP) is 2.29. The van der Waals surface area contributed by atoms with Crippen LogP contribution >= 0.6 is 11.6 Å². The number of aryl methyl sites for hydroxylation is 1. The number of hydrogen-bond donors (Lipinski definition) is 3. The Morgan fingerprint density at radius 3 is 2.54 bits per heavy atom. The van der Waals surface area contributed by atoms with Crippen molar-refractivity contribution in [3.05, 3.63) is 64.7 Å². The number of benzene rings is 2. The second-order valence-corrected chi connectivity index (χ2v) is 7.84. The molecule has 0 saturated carbocycles. The van der Waals surface area contributed by atoms with Crippen molar-refractivity contribution in [1.29, 1.82) is 0 Å². The highest BCUT2D eigenvalue weighted by molar-refractivity contribution is 7.89. The van der Waals surface area contributed by atoms with Gasteiger partial charge >= 0.3 is 0 Å². The molecule has 0 aliphatic heterocycles. The van der Waals surface area contributed by atoms with Gasteiger partial charge in [-0.05, 0) is 36.2 Å². The standard InChI is InChI=1S/C18H23ClN4O2S/c1-14-6-3-4-7-15(14)13-22-18(20-2)21-10-11-23-26(24,25)17-9-5-8-16(19)12-17/h3-9,12,23H,10-11,13H2,1-2H3,(H2,20,21,22). The van der Waals surface area contributed by atoms with Crippen LogP contribution in [0, 0.1) is 6.92 Å². The number of rotatable bonds is 7. The molecule has 8 heteroatoms. The van der Waals surface area contributed by atoms with Gasteiger partial charge in [0.15, 0.2) is 5.96 Å². The molecule has 2 rings (SSSR count). The average Bonchev–Trinajstić information content (AvgIpc) is 2.62. The quantitative estimate of drug-likeness (QED) is 0.382. The van der Waals surface area contributed by atoms with Crippen LogP contribution in [0.25, 0.3) is 0 Å². The van der Waals surface area contributed by atoms with Gasteiger partial charge in [0.05, 0.1) is 4.90 Å². The summed E-state index contributed by atoms with van der Waals surface area (Å²) in [6.45, 7) is 3.31. The minimum atomic E-state index is -3.58. The van der Waals surface area contributed by atoms with Crippen molar-refractivity contribution < 1.29 is 8.42 Å². The first-order valence-corrected chi connectivity index (χ1v) is 10.0. The van der Waals surface area contributed by atoms with Gasteiger partial charge in [0.25, 0.3) is 0 Å². The van der Waals surface area contributed by atoms with Crippen molar-refractivity contribution >= 4 is 27.6 Å². The lowest BCUT2D eigenvalue weighted by molar-refractivity contribution is 0.580. The van der Waals surface area contributed by atoms with E-state index >= 15 is 0 Å². The topological polar surface area (TPSA) is 82.6 Å². The largest absolute Gasteiger partial charge is 0.355 e. The van der Waals surface area contributed by atoms with Crippen molar-refractivity contribution in [2.75, 3.05) is 20.1 Å². The van der Waals surface area contributed by atoms with Gasteiger partial charge in [-0.2, -0.15) is 0 Å². The molecule has 6 nitrogen and oxygen atoms in total. The molecule has 0 aliphatic rings. The molecule has 0 saturated heterocycles. The molecule has 0 amide bonds. The number of halogens is 1. The third-order valence-electron chi connectivity index (χ3n) is 3.75. The van der Waals surface area contributed by atoms with Gasteiger partial charge in [-0.1, -0.05) is 41.9 Å². The van der Waals surface area contributed by atoms with Crippen LogP contribution in [0.2, 0.25) is 5.02 Å². The summed E-state index contributed by atoms with van der Waals surface area (Å²) in [5.74, 6) is 0.607. The summed E-state index contributed by atoms with van der Waals surface area (Å²) in [6, 6.07) is 14.2. The van der Waals surface area contributed by atoms with Crippen LogP contribution < -0.4 is 15.4 Å². The maximum atomic E-state index is 12.2. The summed E-state index contributed by atoms with van der Waals surface area (Å²) in [6.07, 6.45) is 0. The molecule has 2 aromatic rings. The van der Waals surface area contributed by atoms with Crippen LogP contribution in [0.1, 0.15) is 11.1 Å². The number of nitrogens with one attached hydrogen (secondary N) is 3. The molecule has 140 valence electrons. The first-order valence-electron chi connectivity index (χ1n) is 8.16. The third kappa shape index (κ3) is 6.01. The lowest BCUT2D eigenvalue weighted by Crippen LogP contribution is -2.41. The summed E-state index contributed by atoms with van der Waals surface area (Å²) in [5, 5.41) is 6.67. The molecule has 0 atom stereocenters. The second kappa shape index (κ2) is 9.56. The normalized spacial score (nSPS) is 12.0. The molecule has 0 aliphatic carbocycles. The third-order valence-corrected chi connectivity index (χ3v) is 5.44. The summed E-state index contributed by atoms with van der Waals surface area (Å²) in [4.78, 5) is 4.28. The van der Waals surface area contributed by atoms with Crippen LogP contribution in [-0.2, 0) is 16.6 Å². The van der Waals surface area contributed by atoms with Crippen molar-refractivity contribution in [2.24, 2.45) is 4.99 Å². The maximum Gasteiger partial charge on any atom is 0.240 e. The van der Waals surface area contributed by atoms with E-state index in [1.165, 1.54) is 23.3 Å². The van der Waals surface area contributed by atoms with Crippen molar-refractivity contribution in [2.45, 2.75) is 18.4 Å². The smallest absolute Gasteiger partial charge is 0.240 e. The first kappa shape index (κ1) is 20.2. The predicted molar refractivity (Wildman–Crippen MR) is 106 cm³/mol. The van der Waals surface area contributed by atoms with E-state index in [1.54, 1.807) is 19.2 Å². The molecule has 0 radical (unpaired) electrons. The highest BCUT2D eigenvalue weighted by Gasteiger charge is 2.13. The van der Waals surface area contributed by atoms with Gasteiger partial charge in [0.1, 0.15) is 0 Å². The van der Waals surface area contributed by atoms with Gasteiger partial charge in [-0.3, -0.25) is 4.99 Å². The Morgan fingerprint density at radius 2 is 1.85 bits per heavy atom. The summed E-state index contributed by atoms with van der Waals surface area (Å²) < 4.78 is 26.9. The molecule has 0 heterocycles. The van der Waals surface area contributed by atoms with E-state index in [4.69, 9.17) is 11.6 Å². The maximum absolute atomic E-state index is 12.2. The minimum Gasteiger partial charge on any atom is -0.355 e. The van der Waals surface area contributed by atoms with Gasteiger partial charge < -0.3 is 10.6 Å². The Kier molecular flexibility index (Phi) is 7.44. The molecule has 0 aromatic heterocycles. The second-order valence-electron chi connectivity index (χ2n) is 5.63. The van der Waals surface area contributed by atoms with Crippen molar-refractivity contribution in [3.8, 4) is 0 Å². The summed E-state index contributed by atoms with van der Waals surface area (Å²) in [7, 11) is -1.91. The molecule has 0 unspecified atom stereocenters. The molecular weight excluding hydrogens is 372 g/mol. The molecule has 0 spiro atoms. The van der Waals surface area contributed by atoms with E-state index in [2.05, 4.69) is 39.4 Å².